The van der Waals surface area contributed by atoms with Gasteiger partial charge in [0.15, 0.2) is 0 Å². The standard InChI is InChI=1S/C20H20FNO2/c1-14-11-16(21)7-8-17(14)19-13-22(10-9-18(19)20(23)24)12-15-5-3-2-4-6-15/h2-8,11H,9-10,12-13H2,1H3,(H,23,24). The van der Waals surface area contributed by atoms with Crippen molar-refractivity contribution in [3.63, 3.8) is 0 Å². The van der Waals surface area contributed by atoms with Gasteiger partial charge < -0.3 is 5.11 Å². The fraction of sp³-hybridized carbons (Fsp3) is 0.250. The molecular formula is C20H20FNO2. The van der Waals surface area contributed by atoms with Gasteiger partial charge in [-0.2, -0.15) is 0 Å². The summed E-state index contributed by atoms with van der Waals surface area (Å²) in [6, 6.07) is 14.7. The van der Waals surface area contributed by atoms with Crippen LogP contribution in [0.25, 0.3) is 5.57 Å². The molecule has 0 saturated heterocycles. The van der Waals surface area contributed by atoms with E-state index in [1.165, 1.54) is 17.7 Å². The molecule has 124 valence electrons. The zero-order chi connectivity index (χ0) is 17.1. The van der Waals surface area contributed by atoms with E-state index in [9.17, 15) is 14.3 Å². The molecule has 0 spiro atoms. The SMILES string of the molecule is Cc1cc(F)ccc1C1=C(C(=O)O)CCN(Cc2ccccc2)C1. The van der Waals surface area contributed by atoms with Crippen LogP contribution in [-0.4, -0.2) is 29.1 Å². The summed E-state index contributed by atoms with van der Waals surface area (Å²) in [7, 11) is 0. The van der Waals surface area contributed by atoms with Crippen LogP contribution in [0.5, 0.6) is 0 Å². The van der Waals surface area contributed by atoms with Crippen LogP contribution < -0.4 is 0 Å². The van der Waals surface area contributed by atoms with Gasteiger partial charge in [-0.15, -0.1) is 0 Å². The van der Waals surface area contributed by atoms with E-state index in [1.54, 1.807) is 6.07 Å². The zero-order valence-electron chi connectivity index (χ0n) is 13.6. The molecule has 4 heteroatoms. The van der Waals surface area contributed by atoms with Gasteiger partial charge in [0.2, 0.25) is 0 Å². The molecule has 2 aromatic carbocycles. The fourth-order valence-electron chi connectivity index (χ4n) is 3.24. The smallest absolute Gasteiger partial charge is 0.331 e. The van der Waals surface area contributed by atoms with Crippen molar-refractivity contribution < 1.29 is 14.3 Å². The average Bonchev–Trinajstić information content (AvgIpc) is 2.55. The summed E-state index contributed by atoms with van der Waals surface area (Å²) in [5.74, 6) is -1.18. The topological polar surface area (TPSA) is 40.5 Å². The maximum atomic E-state index is 13.4. The number of carboxylic acids is 1. The van der Waals surface area contributed by atoms with Crippen LogP contribution in [0.4, 0.5) is 4.39 Å². The van der Waals surface area contributed by atoms with E-state index in [0.717, 1.165) is 23.2 Å². The average molecular weight is 325 g/mol. The summed E-state index contributed by atoms with van der Waals surface area (Å²) in [5, 5.41) is 9.54. The molecule has 1 N–H and O–H groups in total. The lowest BCUT2D eigenvalue weighted by Gasteiger charge is -2.30. The molecule has 0 bridgehead atoms. The van der Waals surface area contributed by atoms with Gasteiger partial charge >= 0.3 is 5.97 Å². The summed E-state index contributed by atoms with van der Waals surface area (Å²) >= 11 is 0. The maximum Gasteiger partial charge on any atom is 0.331 e. The lowest BCUT2D eigenvalue weighted by molar-refractivity contribution is -0.132. The van der Waals surface area contributed by atoms with E-state index < -0.39 is 5.97 Å². The second-order valence-corrected chi connectivity index (χ2v) is 6.17. The highest BCUT2D eigenvalue weighted by molar-refractivity contribution is 5.97. The molecule has 0 unspecified atom stereocenters. The minimum Gasteiger partial charge on any atom is -0.478 e. The monoisotopic (exact) mass is 325 g/mol. The molecule has 0 atom stereocenters. The van der Waals surface area contributed by atoms with E-state index in [-0.39, 0.29) is 5.82 Å². The molecule has 3 nitrogen and oxygen atoms in total. The first-order chi connectivity index (χ1) is 11.5. The van der Waals surface area contributed by atoms with E-state index in [4.69, 9.17) is 0 Å². The van der Waals surface area contributed by atoms with Crippen LogP contribution in [0.1, 0.15) is 23.1 Å². The predicted molar refractivity (Wildman–Crippen MR) is 92.0 cm³/mol. The Bertz CT molecular complexity index is 783. The van der Waals surface area contributed by atoms with Crippen LogP contribution in [0.3, 0.4) is 0 Å². The van der Waals surface area contributed by atoms with Crippen LogP contribution in [0.2, 0.25) is 0 Å². The van der Waals surface area contributed by atoms with Crippen LogP contribution in [0, 0.1) is 12.7 Å². The van der Waals surface area contributed by atoms with Crippen molar-refractivity contribution in [2.24, 2.45) is 0 Å². The van der Waals surface area contributed by atoms with Crippen molar-refractivity contribution in [1.29, 1.82) is 0 Å². The molecule has 0 fully saturated rings. The fourth-order valence-corrected chi connectivity index (χ4v) is 3.24. The molecule has 0 saturated carbocycles. The predicted octanol–water partition coefficient (Wildman–Crippen LogP) is 3.88. The highest BCUT2D eigenvalue weighted by atomic mass is 19.1. The van der Waals surface area contributed by atoms with Crippen LogP contribution in [0.15, 0.2) is 54.1 Å². The van der Waals surface area contributed by atoms with Crippen LogP contribution in [-0.2, 0) is 11.3 Å². The highest BCUT2D eigenvalue weighted by Gasteiger charge is 2.25. The number of carboxylic acid groups (broad SMARTS) is 1. The third-order valence-corrected chi connectivity index (χ3v) is 4.44. The number of hydrogen-bond donors (Lipinski definition) is 1. The first-order valence-electron chi connectivity index (χ1n) is 8.02. The quantitative estimate of drug-likeness (QED) is 0.927. The molecule has 1 heterocycles. The molecule has 0 aliphatic carbocycles. The Hall–Kier alpha value is -2.46. The number of aliphatic carboxylic acids is 1. The first kappa shape index (κ1) is 16.4. The Balaban J connectivity index is 1.91. The summed E-state index contributed by atoms with van der Waals surface area (Å²) in [6.45, 7) is 3.86. The number of halogens is 1. The van der Waals surface area contributed by atoms with Crippen molar-refractivity contribution in [2.75, 3.05) is 13.1 Å². The molecule has 1 aliphatic rings. The molecular weight excluding hydrogens is 305 g/mol. The van der Waals surface area contributed by atoms with Gasteiger partial charge in [-0.3, -0.25) is 4.90 Å². The van der Waals surface area contributed by atoms with Crippen molar-refractivity contribution in [1.82, 2.24) is 4.90 Å². The third kappa shape index (κ3) is 3.54. The number of benzene rings is 2. The minimum absolute atomic E-state index is 0.300. The number of nitrogens with zero attached hydrogens (tertiary/aromatic N) is 1. The van der Waals surface area contributed by atoms with Gasteiger partial charge in [0, 0.05) is 25.2 Å². The molecule has 2 aromatic rings. The van der Waals surface area contributed by atoms with E-state index >= 15 is 0 Å². The van der Waals surface area contributed by atoms with E-state index in [1.807, 2.05) is 25.1 Å². The number of aryl methyl sites for hydroxylation is 1. The Kier molecular flexibility index (Phi) is 4.76. The lowest BCUT2D eigenvalue weighted by Crippen LogP contribution is -2.32. The van der Waals surface area contributed by atoms with Gasteiger partial charge in [-0.05, 0) is 47.7 Å². The molecule has 3 rings (SSSR count). The Morgan fingerprint density at radius 2 is 1.96 bits per heavy atom. The minimum atomic E-state index is -0.881. The number of rotatable bonds is 4. The van der Waals surface area contributed by atoms with E-state index in [0.29, 0.717) is 25.1 Å². The highest BCUT2D eigenvalue weighted by Crippen LogP contribution is 2.30. The van der Waals surface area contributed by atoms with Crippen molar-refractivity contribution in [3.05, 3.63) is 76.6 Å². The Morgan fingerprint density at radius 1 is 1.21 bits per heavy atom. The van der Waals surface area contributed by atoms with Gasteiger partial charge in [0.1, 0.15) is 5.82 Å². The zero-order valence-corrected chi connectivity index (χ0v) is 13.6. The number of carbonyl (C=O) groups is 1. The lowest BCUT2D eigenvalue weighted by atomic mass is 9.91. The van der Waals surface area contributed by atoms with Gasteiger partial charge in [0.25, 0.3) is 0 Å². The maximum absolute atomic E-state index is 13.4. The summed E-state index contributed by atoms with van der Waals surface area (Å²) in [4.78, 5) is 13.9. The van der Waals surface area contributed by atoms with Gasteiger partial charge in [-0.1, -0.05) is 36.4 Å². The summed E-state index contributed by atoms with van der Waals surface area (Å²) < 4.78 is 13.4. The Morgan fingerprint density at radius 3 is 2.62 bits per heavy atom. The van der Waals surface area contributed by atoms with Gasteiger partial charge in [0.05, 0.1) is 0 Å². The largest absolute Gasteiger partial charge is 0.478 e. The normalized spacial score (nSPS) is 15.6. The number of hydrogen-bond acceptors (Lipinski definition) is 2. The summed E-state index contributed by atoms with van der Waals surface area (Å²) in [5.41, 5.74) is 4.03. The molecule has 0 radical (unpaired) electrons. The third-order valence-electron chi connectivity index (χ3n) is 4.44. The summed E-state index contributed by atoms with van der Waals surface area (Å²) in [6.07, 6.45) is 0.494. The molecule has 24 heavy (non-hydrogen) atoms. The van der Waals surface area contributed by atoms with Crippen molar-refractivity contribution >= 4 is 11.5 Å². The first-order valence-corrected chi connectivity index (χ1v) is 8.02. The molecule has 0 amide bonds. The van der Waals surface area contributed by atoms with Crippen molar-refractivity contribution in [3.8, 4) is 0 Å². The van der Waals surface area contributed by atoms with Crippen molar-refractivity contribution in [2.45, 2.75) is 19.9 Å². The molecule has 0 aromatic heterocycles. The van der Waals surface area contributed by atoms with E-state index in [2.05, 4.69) is 17.0 Å². The molecule has 1 aliphatic heterocycles. The van der Waals surface area contributed by atoms with Gasteiger partial charge in [-0.25, -0.2) is 9.18 Å². The van der Waals surface area contributed by atoms with Crippen LogP contribution >= 0.6 is 0 Å². The second-order valence-electron chi connectivity index (χ2n) is 6.17. The Labute approximate surface area is 141 Å². The second kappa shape index (κ2) is 6.97.